The lowest BCUT2D eigenvalue weighted by molar-refractivity contribution is -0.134. The summed E-state index contributed by atoms with van der Waals surface area (Å²) in [6, 6.07) is 10.8. The summed E-state index contributed by atoms with van der Waals surface area (Å²) in [5, 5.41) is 9.68. The zero-order valence-electron chi connectivity index (χ0n) is 13.0. The Bertz CT molecular complexity index is 481. The fourth-order valence-electron chi connectivity index (χ4n) is 3.12. The van der Waals surface area contributed by atoms with Crippen molar-refractivity contribution in [3.05, 3.63) is 35.9 Å². The first-order valence-electron chi connectivity index (χ1n) is 8.34. The molecular formula is C18H25NO2S. The number of aliphatic hydroxyl groups excluding tert-OH is 1. The zero-order chi connectivity index (χ0) is 15.4. The Hall–Kier alpha value is -1.00. The van der Waals surface area contributed by atoms with Crippen LogP contribution in [0.15, 0.2) is 30.3 Å². The van der Waals surface area contributed by atoms with Crippen LogP contribution in [0.2, 0.25) is 0 Å². The third-order valence-electron chi connectivity index (χ3n) is 4.66. The monoisotopic (exact) mass is 319 g/mol. The first-order chi connectivity index (χ1) is 10.7. The molecule has 0 spiro atoms. The summed E-state index contributed by atoms with van der Waals surface area (Å²) in [5.41, 5.74) is 1.31. The van der Waals surface area contributed by atoms with Crippen molar-refractivity contribution in [3.8, 4) is 0 Å². The zero-order valence-corrected chi connectivity index (χ0v) is 13.8. The summed E-state index contributed by atoms with van der Waals surface area (Å²) in [6.45, 7) is 0. The Kier molecular flexibility index (Phi) is 5.42. The van der Waals surface area contributed by atoms with E-state index in [9.17, 15) is 9.90 Å². The normalized spacial score (nSPS) is 25.0. The molecule has 0 unspecified atom stereocenters. The van der Waals surface area contributed by atoms with Gasteiger partial charge in [-0.1, -0.05) is 30.3 Å². The van der Waals surface area contributed by atoms with Crippen LogP contribution in [0.1, 0.15) is 44.1 Å². The number of aliphatic hydroxyl groups is 1. The predicted octanol–water partition coefficient (Wildman–Crippen LogP) is 3.42. The molecule has 2 aliphatic rings. The molecule has 0 saturated heterocycles. The number of hydrogen-bond acceptors (Lipinski definition) is 3. The van der Waals surface area contributed by atoms with Crippen LogP contribution >= 0.6 is 11.8 Å². The molecule has 2 fully saturated rings. The van der Waals surface area contributed by atoms with Gasteiger partial charge in [0, 0.05) is 17.7 Å². The molecule has 0 radical (unpaired) electrons. The molecule has 2 saturated carbocycles. The third kappa shape index (κ3) is 4.26. The van der Waals surface area contributed by atoms with Crippen LogP contribution in [-0.2, 0) is 10.5 Å². The molecule has 1 aromatic rings. The molecule has 120 valence electrons. The number of rotatable bonds is 6. The molecule has 1 aromatic carbocycles. The highest BCUT2D eigenvalue weighted by molar-refractivity contribution is 7.98. The largest absolute Gasteiger partial charge is 0.393 e. The number of carbonyl (C=O) groups is 1. The van der Waals surface area contributed by atoms with E-state index in [1.165, 1.54) is 5.56 Å². The van der Waals surface area contributed by atoms with Gasteiger partial charge >= 0.3 is 0 Å². The van der Waals surface area contributed by atoms with Crippen molar-refractivity contribution >= 4 is 17.7 Å². The van der Waals surface area contributed by atoms with Crippen LogP contribution in [-0.4, -0.2) is 33.9 Å². The van der Waals surface area contributed by atoms with Gasteiger partial charge in [-0.3, -0.25) is 4.79 Å². The van der Waals surface area contributed by atoms with Crippen molar-refractivity contribution in [1.29, 1.82) is 0 Å². The molecular weight excluding hydrogens is 294 g/mol. The Labute approximate surface area is 137 Å². The van der Waals surface area contributed by atoms with Gasteiger partial charge in [0.05, 0.1) is 12.0 Å². The highest BCUT2D eigenvalue weighted by atomic mass is 32.2. The Morgan fingerprint density at radius 3 is 2.41 bits per heavy atom. The number of amides is 1. The summed E-state index contributed by atoms with van der Waals surface area (Å²) >= 11 is 1.83. The number of hydrogen-bond donors (Lipinski definition) is 1. The Balaban J connectivity index is 1.55. The van der Waals surface area contributed by atoms with Crippen LogP contribution in [0.4, 0.5) is 0 Å². The van der Waals surface area contributed by atoms with Crippen molar-refractivity contribution in [2.45, 2.75) is 56.4 Å². The first kappa shape index (κ1) is 15.9. The maximum atomic E-state index is 12.6. The van der Waals surface area contributed by atoms with Gasteiger partial charge in [-0.2, -0.15) is 0 Å². The lowest BCUT2D eigenvalue weighted by Gasteiger charge is -2.35. The average molecular weight is 319 g/mol. The van der Waals surface area contributed by atoms with Gasteiger partial charge in [0.15, 0.2) is 0 Å². The smallest absolute Gasteiger partial charge is 0.226 e. The van der Waals surface area contributed by atoms with Gasteiger partial charge in [0.2, 0.25) is 5.91 Å². The second kappa shape index (κ2) is 7.51. The van der Waals surface area contributed by atoms with Crippen LogP contribution < -0.4 is 0 Å². The van der Waals surface area contributed by atoms with Gasteiger partial charge < -0.3 is 10.0 Å². The molecule has 0 aromatic heterocycles. The molecule has 3 rings (SSSR count). The predicted molar refractivity (Wildman–Crippen MR) is 90.4 cm³/mol. The van der Waals surface area contributed by atoms with E-state index in [2.05, 4.69) is 29.2 Å². The Morgan fingerprint density at radius 1 is 1.09 bits per heavy atom. The fraction of sp³-hybridized carbons (Fsp3) is 0.611. The van der Waals surface area contributed by atoms with E-state index in [-0.39, 0.29) is 12.0 Å². The quantitative estimate of drug-likeness (QED) is 0.817. The number of carbonyl (C=O) groups excluding carboxylic acids is 1. The molecule has 1 amide bonds. The minimum Gasteiger partial charge on any atom is -0.393 e. The van der Waals surface area contributed by atoms with Gasteiger partial charge in [0.25, 0.3) is 0 Å². The Morgan fingerprint density at radius 2 is 1.77 bits per heavy atom. The van der Waals surface area contributed by atoms with Crippen LogP contribution in [0, 0.1) is 5.92 Å². The van der Waals surface area contributed by atoms with Crippen molar-refractivity contribution in [3.63, 3.8) is 0 Å². The van der Waals surface area contributed by atoms with E-state index in [0.29, 0.717) is 11.9 Å². The third-order valence-corrected chi connectivity index (χ3v) is 5.66. The van der Waals surface area contributed by atoms with E-state index >= 15 is 0 Å². The maximum Gasteiger partial charge on any atom is 0.226 e. The lowest BCUT2D eigenvalue weighted by Crippen LogP contribution is -2.43. The standard InChI is InChI=1S/C18H25NO2S/c20-17-10-8-16(9-11-17)19(18(21)15-6-7-15)13-22-12-14-4-2-1-3-5-14/h1-5,15-17,20H,6-13H2. The van der Waals surface area contributed by atoms with Crippen molar-refractivity contribution in [2.75, 3.05) is 5.88 Å². The topological polar surface area (TPSA) is 40.5 Å². The molecule has 22 heavy (non-hydrogen) atoms. The SMILES string of the molecule is O=C(C1CC1)N(CSCc1ccccc1)C1CCC(O)CC1. The first-order valence-corrected chi connectivity index (χ1v) is 9.49. The number of benzene rings is 1. The van der Waals surface area contributed by atoms with E-state index in [0.717, 1.165) is 50.2 Å². The van der Waals surface area contributed by atoms with E-state index in [4.69, 9.17) is 0 Å². The van der Waals surface area contributed by atoms with Gasteiger partial charge in [-0.15, -0.1) is 11.8 Å². The molecule has 2 aliphatic carbocycles. The molecule has 0 bridgehead atoms. The van der Waals surface area contributed by atoms with Crippen LogP contribution in [0.3, 0.4) is 0 Å². The molecule has 4 heteroatoms. The van der Waals surface area contributed by atoms with Gasteiger partial charge in [0.1, 0.15) is 0 Å². The highest BCUT2D eigenvalue weighted by Gasteiger charge is 2.37. The van der Waals surface area contributed by atoms with E-state index in [1.807, 2.05) is 17.8 Å². The summed E-state index contributed by atoms with van der Waals surface area (Å²) in [6.07, 6.45) is 5.54. The van der Waals surface area contributed by atoms with Crippen LogP contribution in [0.25, 0.3) is 0 Å². The van der Waals surface area contributed by atoms with Crippen LogP contribution in [0.5, 0.6) is 0 Å². The average Bonchev–Trinajstić information content (AvgIpc) is 3.38. The number of thioether (sulfide) groups is 1. The van der Waals surface area contributed by atoms with Crippen molar-refractivity contribution in [2.24, 2.45) is 5.92 Å². The minimum atomic E-state index is -0.161. The molecule has 0 heterocycles. The van der Waals surface area contributed by atoms with Gasteiger partial charge in [-0.25, -0.2) is 0 Å². The number of nitrogens with zero attached hydrogens (tertiary/aromatic N) is 1. The van der Waals surface area contributed by atoms with Crippen molar-refractivity contribution < 1.29 is 9.90 Å². The summed E-state index contributed by atoms with van der Waals surface area (Å²) < 4.78 is 0. The van der Waals surface area contributed by atoms with Crippen molar-refractivity contribution in [1.82, 2.24) is 4.90 Å². The maximum absolute atomic E-state index is 12.6. The minimum absolute atomic E-state index is 0.161. The van der Waals surface area contributed by atoms with Gasteiger partial charge in [-0.05, 0) is 44.1 Å². The second-order valence-electron chi connectivity index (χ2n) is 6.51. The molecule has 1 N–H and O–H groups in total. The fourth-order valence-corrected chi connectivity index (χ4v) is 4.17. The highest BCUT2D eigenvalue weighted by Crippen LogP contribution is 2.34. The summed E-state index contributed by atoms with van der Waals surface area (Å²) in [5.74, 6) is 2.36. The van der Waals surface area contributed by atoms with E-state index in [1.54, 1.807) is 0 Å². The van der Waals surface area contributed by atoms with E-state index < -0.39 is 0 Å². The summed E-state index contributed by atoms with van der Waals surface area (Å²) in [7, 11) is 0. The summed E-state index contributed by atoms with van der Waals surface area (Å²) in [4.78, 5) is 14.7. The lowest BCUT2D eigenvalue weighted by atomic mass is 9.92. The second-order valence-corrected chi connectivity index (χ2v) is 7.46. The molecule has 0 aliphatic heterocycles. The molecule has 0 atom stereocenters. The molecule has 3 nitrogen and oxygen atoms in total.